The Morgan fingerprint density at radius 3 is 1.03 bits per heavy atom. The summed E-state index contributed by atoms with van der Waals surface area (Å²) in [4.78, 5) is 8.74. The molecule has 0 saturated carbocycles. The highest BCUT2D eigenvalue weighted by molar-refractivity contribution is 8.42. The molecule has 0 nitrogen and oxygen atoms in total. The second kappa shape index (κ2) is 10.5. The maximum Gasteiger partial charge on any atom is 0.0708 e. The van der Waals surface area contributed by atoms with Gasteiger partial charge in [0.1, 0.15) is 0 Å². The zero-order chi connectivity index (χ0) is 20.7. The van der Waals surface area contributed by atoms with Gasteiger partial charge in [0, 0.05) is 14.9 Å². The van der Waals surface area contributed by atoms with Crippen LogP contribution in [0.5, 0.6) is 0 Å². The Bertz CT molecular complexity index is 836. The molecular formula is C19H20S10. The summed E-state index contributed by atoms with van der Waals surface area (Å²) in [5.41, 5.74) is 0. The molecule has 0 amide bonds. The zero-order valence-electron chi connectivity index (χ0n) is 16.8. The first-order chi connectivity index (χ1) is 13.8. The molecule has 0 radical (unpaired) electrons. The van der Waals surface area contributed by atoms with Gasteiger partial charge in [0.15, 0.2) is 0 Å². The minimum Gasteiger partial charge on any atom is -0.107 e. The average Bonchev–Trinajstić information content (AvgIpc) is 3.39. The summed E-state index contributed by atoms with van der Waals surface area (Å²) in [6.45, 7) is 13.5. The lowest BCUT2D eigenvalue weighted by molar-refractivity contribution is 1.57. The van der Waals surface area contributed by atoms with Gasteiger partial charge in [-0.05, 0) is 61.2 Å². The maximum atomic E-state index is 2.27. The monoisotopic (exact) mass is 568 g/mol. The predicted octanol–water partition coefficient (Wildman–Crippen LogP) is 11.5. The highest BCUT2D eigenvalue weighted by atomic mass is 32.3. The van der Waals surface area contributed by atoms with Gasteiger partial charge in [0.25, 0.3) is 0 Å². The number of hydrogen-bond donors (Lipinski definition) is 0. The van der Waals surface area contributed by atoms with Crippen LogP contribution in [0.3, 0.4) is 0 Å². The van der Waals surface area contributed by atoms with Gasteiger partial charge < -0.3 is 0 Å². The molecule has 0 spiro atoms. The van der Waals surface area contributed by atoms with E-state index in [2.05, 4.69) is 41.5 Å². The Morgan fingerprint density at radius 2 is 0.690 bits per heavy atom. The number of rotatable bonds is 4. The van der Waals surface area contributed by atoms with Crippen molar-refractivity contribution in [2.24, 2.45) is 0 Å². The lowest BCUT2D eigenvalue weighted by Gasteiger charge is -2.05. The fourth-order valence-electron chi connectivity index (χ4n) is 2.33. The summed E-state index contributed by atoms with van der Waals surface area (Å²) < 4.78 is 8.87. The largest absolute Gasteiger partial charge is 0.107 e. The Morgan fingerprint density at radius 1 is 0.414 bits per heavy atom. The molecule has 4 aliphatic rings. The van der Waals surface area contributed by atoms with Gasteiger partial charge in [-0.25, -0.2) is 0 Å². The molecule has 0 aliphatic carbocycles. The van der Waals surface area contributed by atoms with E-state index in [1.54, 1.807) is 0 Å². The highest BCUT2D eigenvalue weighted by Crippen LogP contribution is 2.64. The fourth-order valence-corrected chi connectivity index (χ4v) is 16.7. The quantitative estimate of drug-likeness (QED) is 0.299. The molecule has 0 aromatic carbocycles. The van der Waals surface area contributed by atoms with E-state index in [1.807, 2.05) is 118 Å². The van der Waals surface area contributed by atoms with E-state index in [4.69, 9.17) is 0 Å². The minimum atomic E-state index is 1.08. The number of hydrogen-bond acceptors (Lipinski definition) is 10. The molecule has 0 fully saturated rings. The molecule has 4 heterocycles. The van der Waals surface area contributed by atoms with Crippen LogP contribution < -0.4 is 0 Å². The van der Waals surface area contributed by atoms with E-state index < -0.39 is 0 Å². The van der Waals surface area contributed by atoms with Crippen molar-refractivity contribution in [1.82, 2.24) is 0 Å². The summed E-state index contributed by atoms with van der Waals surface area (Å²) in [6, 6.07) is 0. The normalized spacial score (nSPS) is 23.4. The van der Waals surface area contributed by atoms with Gasteiger partial charge in [0.2, 0.25) is 0 Å². The predicted molar refractivity (Wildman–Crippen MR) is 157 cm³/mol. The minimum absolute atomic E-state index is 1.08. The molecule has 0 aromatic heterocycles. The Hall–Kier alpha value is 1.94. The molecule has 29 heavy (non-hydrogen) atoms. The molecule has 4 rings (SSSR count). The van der Waals surface area contributed by atoms with Gasteiger partial charge in [-0.15, -0.1) is 23.5 Å². The van der Waals surface area contributed by atoms with Gasteiger partial charge in [-0.1, -0.05) is 94.1 Å². The summed E-state index contributed by atoms with van der Waals surface area (Å²) >= 11 is 19.7. The van der Waals surface area contributed by atoms with E-state index in [0.29, 0.717) is 0 Å². The van der Waals surface area contributed by atoms with Crippen molar-refractivity contribution in [3.05, 3.63) is 54.9 Å². The van der Waals surface area contributed by atoms with E-state index in [-0.39, 0.29) is 0 Å². The lowest BCUT2D eigenvalue weighted by Crippen LogP contribution is -1.74. The first kappa shape index (κ1) is 24.1. The van der Waals surface area contributed by atoms with Crippen molar-refractivity contribution in [1.29, 1.82) is 0 Å². The van der Waals surface area contributed by atoms with Gasteiger partial charge in [-0.2, -0.15) is 0 Å². The Kier molecular flexibility index (Phi) is 8.69. The highest BCUT2D eigenvalue weighted by Gasteiger charge is 2.28. The van der Waals surface area contributed by atoms with Crippen molar-refractivity contribution in [3.63, 3.8) is 0 Å². The molecule has 0 atom stereocenters. The van der Waals surface area contributed by atoms with Gasteiger partial charge in [0.05, 0.1) is 25.4 Å². The van der Waals surface area contributed by atoms with Gasteiger partial charge in [-0.3, -0.25) is 0 Å². The van der Waals surface area contributed by atoms with Crippen molar-refractivity contribution >= 4 is 118 Å². The number of allylic oxidation sites excluding steroid dienone is 6. The standard InChI is InChI=1S/C19H20S10/c1-8-9(2)23-16(22-8)18-26-12(5)14(28-18)20-7-21-15-13(6)27-19(29-15)17-24-10(3)11(4)25-17/h7H2,1-6H3. The summed E-state index contributed by atoms with van der Waals surface area (Å²) in [7, 11) is 0. The first-order valence-corrected chi connectivity index (χ1v) is 17.3. The van der Waals surface area contributed by atoms with Crippen LogP contribution in [-0.2, 0) is 0 Å². The summed E-state index contributed by atoms with van der Waals surface area (Å²) in [6.07, 6.45) is 0. The topological polar surface area (TPSA) is 0 Å². The second-order valence-corrected chi connectivity index (χ2v) is 19.6. The zero-order valence-corrected chi connectivity index (χ0v) is 25.0. The maximum absolute atomic E-state index is 2.27. The smallest absolute Gasteiger partial charge is 0.0708 e. The van der Waals surface area contributed by atoms with Crippen LogP contribution in [-0.4, -0.2) is 5.08 Å². The molecule has 10 heteroatoms. The van der Waals surface area contributed by atoms with Crippen LogP contribution >= 0.6 is 118 Å². The van der Waals surface area contributed by atoms with E-state index in [1.165, 1.54) is 54.9 Å². The lowest BCUT2D eigenvalue weighted by atomic mass is 10.6. The molecule has 0 unspecified atom stereocenters. The van der Waals surface area contributed by atoms with E-state index >= 15 is 0 Å². The molecule has 0 bridgehead atoms. The Balaban J connectivity index is 1.30. The van der Waals surface area contributed by atoms with Crippen LogP contribution in [0.2, 0.25) is 0 Å². The fraction of sp³-hybridized carbons (Fsp3) is 0.368. The van der Waals surface area contributed by atoms with Crippen molar-refractivity contribution in [3.8, 4) is 0 Å². The van der Waals surface area contributed by atoms with E-state index in [9.17, 15) is 0 Å². The third kappa shape index (κ3) is 5.72. The third-order valence-electron chi connectivity index (χ3n) is 4.13. The second-order valence-electron chi connectivity index (χ2n) is 6.28. The molecule has 0 saturated heterocycles. The molecule has 4 aliphatic heterocycles. The molecule has 156 valence electrons. The average molecular weight is 569 g/mol. The van der Waals surface area contributed by atoms with Crippen molar-refractivity contribution in [2.75, 3.05) is 5.08 Å². The Labute approximate surface area is 216 Å². The van der Waals surface area contributed by atoms with Crippen molar-refractivity contribution < 1.29 is 0 Å². The number of thioether (sulfide) groups is 10. The summed E-state index contributed by atoms with van der Waals surface area (Å²) in [5.74, 6) is 0. The van der Waals surface area contributed by atoms with Crippen LogP contribution in [0.1, 0.15) is 41.5 Å². The van der Waals surface area contributed by atoms with Crippen LogP contribution in [0.4, 0.5) is 0 Å². The van der Waals surface area contributed by atoms with Gasteiger partial charge >= 0.3 is 0 Å². The molecular weight excluding hydrogens is 549 g/mol. The van der Waals surface area contributed by atoms with Crippen LogP contribution in [0.25, 0.3) is 0 Å². The molecule has 0 N–H and O–H groups in total. The van der Waals surface area contributed by atoms with Crippen LogP contribution in [0, 0.1) is 0 Å². The molecule has 0 aromatic rings. The SMILES string of the molecule is CC1=C(C)SC(=C2SC(C)=C(SCSC3=C(C)SC(=C4SC(C)=C(C)S4)S3)S2)S1. The van der Waals surface area contributed by atoms with Crippen molar-refractivity contribution in [2.45, 2.75) is 41.5 Å². The summed E-state index contributed by atoms with van der Waals surface area (Å²) in [5, 5.41) is 1.08. The third-order valence-corrected chi connectivity index (χ3v) is 18.8. The van der Waals surface area contributed by atoms with Crippen LogP contribution in [0.15, 0.2) is 54.9 Å². The first-order valence-electron chi connectivity index (χ1n) is 8.75. The van der Waals surface area contributed by atoms with E-state index in [0.717, 1.165) is 5.08 Å².